The Morgan fingerprint density at radius 2 is 1.83 bits per heavy atom. The van der Waals surface area contributed by atoms with E-state index in [1.165, 1.54) is 6.07 Å². The van der Waals surface area contributed by atoms with E-state index in [9.17, 15) is 27.2 Å². The molecule has 2 N–H and O–H groups in total. The van der Waals surface area contributed by atoms with Gasteiger partial charge >= 0.3 is 12.1 Å². The molecule has 0 saturated heterocycles. The molecule has 0 aliphatic rings. The highest BCUT2D eigenvalue weighted by molar-refractivity contribution is 5.77. The number of hydrogen-bond acceptors (Lipinski definition) is 10. The van der Waals surface area contributed by atoms with Gasteiger partial charge in [0, 0.05) is 6.54 Å². The Labute approximate surface area is 162 Å². The number of nitrogens with zero attached hydrogens (tertiary/aromatic N) is 4. The number of anilines is 3. The first kappa shape index (κ1) is 19.2. The summed E-state index contributed by atoms with van der Waals surface area (Å²) < 4.78 is 60.5. The van der Waals surface area contributed by atoms with Gasteiger partial charge in [0.25, 0.3) is 16.8 Å². The van der Waals surface area contributed by atoms with Crippen molar-refractivity contribution in [2.24, 2.45) is 0 Å². The Bertz CT molecular complexity index is 1270. The summed E-state index contributed by atoms with van der Waals surface area (Å²) in [7, 11) is 0. The predicted molar refractivity (Wildman–Crippen MR) is 91.0 cm³/mol. The molecule has 4 rings (SSSR count). The molecule has 0 atom stereocenters. The molecular formula is C16H8F4N6O4. The molecular weight excluding hydrogens is 416 g/mol. The summed E-state index contributed by atoms with van der Waals surface area (Å²) in [6.45, 7) is -0.0664. The number of alkyl halides is 3. The molecule has 154 valence electrons. The molecule has 0 bridgehead atoms. The number of rotatable bonds is 6. The summed E-state index contributed by atoms with van der Waals surface area (Å²) in [4.78, 5) is 30.2. The van der Waals surface area contributed by atoms with Crippen LogP contribution in [0.1, 0.15) is 11.5 Å². The first-order valence-corrected chi connectivity index (χ1v) is 8.04. The second-order valence-electron chi connectivity index (χ2n) is 5.88. The number of benzene rings is 1. The van der Waals surface area contributed by atoms with Crippen molar-refractivity contribution in [3.63, 3.8) is 0 Å². The fraction of sp³-hybridized carbons (Fsp3) is 0.125. The van der Waals surface area contributed by atoms with Crippen LogP contribution in [0.15, 0.2) is 43.2 Å². The lowest BCUT2D eigenvalue weighted by atomic mass is 10.1. The smallest absolute Gasteiger partial charge is 0.376 e. The Morgan fingerprint density at radius 1 is 1.07 bits per heavy atom. The minimum Gasteiger partial charge on any atom is -0.376 e. The van der Waals surface area contributed by atoms with E-state index in [1.807, 2.05) is 0 Å². The van der Waals surface area contributed by atoms with Crippen LogP contribution < -0.4 is 21.5 Å². The second kappa shape index (κ2) is 7.06. The van der Waals surface area contributed by atoms with E-state index in [2.05, 4.69) is 40.0 Å². The molecule has 0 amide bonds. The number of hydrogen-bond donors (Lipinski definition) is 2. The van der Waals surface area contributed by atoms with E-state index in [0.29, 0.717) is 5.56 Å². The lowest BCUT2D eigenvalue weighted by molar-refractivity contribution is -0.159. The summed E-state index contributed by atoms with van der Waals surface area (Å²) in [5.74, 6) is -3.09. The van der Waals surface area contributed by atoms with Crippen LogP contribution in [0.2, 0.25) is 0 Å². The first-order valence-electron chi connectivity index (χ1n) is 8.04. The molecule has 0 unspecified atom stereocenters. The van der Waals surface area contributed by atoms with Gasteiger partial charge in [-0.2, -0.15) is 23.1 Å². The van der Waals surface area contributed by atoms with Gasteiger partial charge in [0.2, 0.25) is 12.2 Å². The number of nitrogens with one attached hydrogen (secondary N) is 2. The molecule has 14 heteroatoms. The Kier molecular flexibility index (Phi) is 4.52. The van der Waals surface area contributed by atoms with Gasteiger partial charge in [-0.1, -0.05) is 11.2 Å². The van der Waals surface area contributed by atoms with E-state index in [4.69, 9.17) is 0 Å². The van der Waals surface area contributed by atoms with Gasteiger partial charge < -0.3 is 19.7 Å². The van der Waals surface area contributed by atoms with Crippen LogP contribution in [-0.2, 0) is 12.7 Å². The third-order valence-electron chi connectivity index (χ3n) is 3.92. The average molecular weight is 424 g/mol. The summed E-state index contributed by atoms with van der Waals surface area (Å²) in [6, 6.07) is 3.56. The largest absolute Gasteiger partial charge is 0.471 e. The van der Waals surface area contributed by atoms with Gasteiger partial charge in [-0.15, -0.1) is 0 Å². The van der Waals surface area contributed by atoms with Gasteiger partial charge in [0.1, 0.15) is 17.2 Å². The van der Waals surface area contributed by atoms with Crippen LogP contribution in [0, 0.1) is 5.82 Å². The summed E-state index contributed by atoms with van der Waals surface area (Å²) in [5, 5.41) is 11.8. The van der Waals surface area contributed by atoms with Crippen molar-refractivity contribution in [1.29, 1.82) is 0 Å². The Balaban J connectivity index is 1.49. The van der Waals surface area contributed by atoms with Crippen molar-refractivity contribution in [3.05, 3.63) is 62.3 Å². The van der Waals surface area contributed by atoms with E-state index in [-0.39, 0.29) is 29.4 Å². The molecule has 2 aromatic heterocycles. The Hall–Kier alpha value is -4.10. The molecule has 4 aromatic rings. The highest BCUT2D eigenvalue weighted by Gasteiger charge is 2.38. The predicted octanol–water partition coefficient (Wildman–Crippen LogP) is 2.23. The maximum atomic E-state index is 14.3. The maximum absolute atomic E-state index is 14.3. The monoisotopic (exact) mass is 424 g/mol. The quantitative estimate of drug-likeness (QED) is 0.350. The molecule has 30 heavy (non-hydrogen) atoms. The first-order chi connectivity index (χ1) is 14.2. The molecule has 0 spiro atoms. The van der Waals surface area contributed by atoms with Gasteiger partial charge in [-0.25, -0.2) is 4.39 Å². The SMILES string of the molecule is O=c1c(NCc2ccc(-c3noc(C(F)(F)F)n3)c(F)c2)c(Nc2ncon2)c1=O. The summed E-state index contributed by atoms with van der Waals surface area (Å²) >= 11 is 0. The van der Waals surface area contributed by atoms with Crippen molar-refractivity contribution in [1.82, 2.24) is 20.3 Å². The van der Waals surface area contributed by atoms with Crippen LogP contribution >= 0.6 is 0 Å². The molecule has 10 nitrogen and oxygen atoms in total. The minimum atomic E-state index is -4.85. The van der Waals surface area contributed by atoms with Gasteiger partial charge in [-0.3, -0.25) is 9.59 Å². The molecule has 0 fully saturated rings. The van der Waals surface area contributed by atoms with Crippen LogP contribution in [0.3, 0.4) is 0 Å². The fourth-order valence-corrected chi connectivity index (χ4v) is 2.51. The number of halogens is 4. The molecule has 2 heterocycles. The molecule has 0 saturated carbocycles. The van der Waals surface area contributed by atoms with Crippen LogP contribution in [0.5, 0.6) is 0 Å². The van der Waals surface area contributed by atoms with Crippen LogP contribution in [0.4, 0.5) is 34.9 Å². The highest BCUT2D eigenvalue weighted by atomic mass is 19.4. The third-order valence-corrected chi connectivity index (χ3v) is 3.92. The normalized spacial score (nSPS) is 11.7. The van der Waals surface area contributed by atoms with Crippen LogP contribution in [0.25, 0.3) is 11.4 Å². The molecule has 2 aromatic carbocycles. The van der Waals surface area contributed by atoms with Crippen LogP contribution in [-0.4, -0.2) is 20.3 Å². The molecule has 0 aliphatic carbocycles. The molecule has 0 aliphatic heterocycles. The van der Waals surface area contributed by atoms with E-state index < -0.39 is 34.6 Å². The standard InChI is InChI=1S/C16H8F4N6O4/c17-8-3-6(1-2-7(8)13-24-14(30-25-13)16(18,19)20)4-21-9-10(12(28)11(9)27)23-15-22-5-29-26-15/h1-3,5,21H,4H2,(H,23,26). The third kappa shape index (κ3) is 3.49. The zero-order valence-corrected chi connectivity index (χ0v) is 14.5. The van der Waals surface area contributed by atoms with E-state index >= 15 is 0 Å². The van der Waals surface area contributed by atoms with E-state index in [0.717, 1.165) is 18.5 Å². The van der Waals surface area contributed by atoms with Gasteiger partial charge in [-0.05, 0) is 22.9 Å². The molecule has 0 radical (unpaired) electrons. The zero-order valence-electron chi connectivity index (χ0n) is 14.5. The lowest BCUT2D eigenvalue weighted by Gasteiger charge is -2.13. The number of aromatic nitrogens is 4. The summed E-state index contributed by atoms with van der Waals surface area (Å²) in [5.41, 5.74) is -1.68. The highest BCUT2D eigenvalue weighted by Crippen LogP contribution is 2.30. The zero-order chi connectivity index (χ0) is 21.5. The summed E-state index contributed by atoms with van der Waals surface area (Å²) in [6.07, 6.45) is -3.83. The topological polar surface area (TPSA) is 136 Å². The van der Waals surface area contributed by atoms with Crippen molar-refractivity contribution < 1.29 is 26.6 Å². The Morgan fingerprint density at radius 3 is 2.47 bits per heavy atom. The minimum absolute atomic E-state index is 0.0288. The van der Waals surface area contributed by atoms with Gasteiger partial charge in [0.15, 0.2) is 0 Å². The maximum Gasteiger partial charge on any atom is 0.471 e. The van der Waals surface area contributed by atoms with E-state index in [1.54, 1.807) is 0 Å². The lowest BCUT2D eigenvalue weighted by Crippen LogP contribution is -2.36. The van der Waals surface area contributed by atoms with Crippen molar-refractivity contribution >= 4 is 17.3 Å². The second-order valence-corrected chi connectivity index (χ2v) is 5.88. The van der Waals surface area contributed by atoms with Crippen molar-refractivity contribution in [2.75, 3.05) is 10.6 Å². The average Bonchev–Trinajstić information content (AvgIpc) is 3.38. The van der Waals surface area contributed by atoms with Gasteiger partial charge in [0.05, 0.1) is 5.56 Å². The van der Waals surface area contributed by atoms with Crippen molar-refractivity contribution in [3.8, 4) is 11.4 Å². The van der Waals surface area contributed by atoms with Crippen molar-refractivity contribution in [2.45, 2.75) is 12.7 Å². The fourth-order valence-electron chi connectivity index (χ4n) is 2.51.